The third kappa shape index (κ3) is 4.41. The molecule has 0 spiro atoms. The molecule has 5 nitrogen and oxygen atoms in total. The van der Waals surface area contributed by atoms with Gasteiger partial charge in [0.2, 0.25) is 0 Å². The number of ether oxygens (including phenoxy) is 3. The number of nitrogens with one attached hydrogen (secondary N) is 1. The van der Waals surface area contributed by atoms with E-state index in [1.165, 1.54) is 0 Å². The van der Waals surface area contributed by atoms with Crippen LogP contribution in [0, 0.1) is 11.3 Å². The summed E-state index contributed by atoms with van der Waals surface area (Å²) >= 11 is 0. The van der Waals surface area contributed by atoms with Gasteiger partial charge in [-0.15, -0.1) is 0 Å². The topological polar surface area (TPSA) is 63.5 Å². The molecule has 1 atom stereocenters. The van der Waals surface area contributed by atoms with Crippen molar-refractivity contribution in [3.63, 3.8) is 0 Å². The lowest BCUT2D eigenvalue weighted by atomic mass is 10.1. The van der Waals surface area contributed by atoms with Crippen molar-refractivity contribution in [3.05, 3.63) is 23.8 Å². The number of rotatable bonds is 9. The molecule has 0 radical (unpaired) electrons. The van der Waals surface area contributed by atoms with Crippen LogP contribution in [0.5, 0.6) is 11.5 Å². The molecule has 1 rings (SSSR count). The average Bonchev–Trinajstić information content (AvgIpc) is 2.50. The largest absolute Gasteiger partial charge is 0.493 e. The van der Waals surface area contributed by atoms with E-state index in [1.54, 1.807) is 14.2 Å². The van der Waals surface area contributed by atoms with Gasteiger partial charge in [0.15, 0.2) is 11.5 Å². The molecule has 0 amide bonds. The molecule has 1 N–H and O–H groups in total. The van der Waals surface area contributed by atoms with Crippen LogP contribution in [0.15, 0.2) is 18.2 Å². The molecule has 0 aliphatic heterocycles. The van der Waals surface area contributed by atoms with Crippen molar-refractivity contribution in [2.45, 2.75) is 19.4 Å². The minimum absolute atomic E-state index is 0.429. The molecule has 0 fully saturated rings. The second-order valence-corrected chi connectivity index (χ2v) is 4.15. The lowest BCUT2D eigenvalue weighted by molar-refractivity contribution is 0.144. The van der Waals surface area contributed by atoms with E-state index in [2.05, 4.69) is 11.4 Å². The van der Waals surface area contributed by atoms with Crippen LogP contribution in [0.4, 0.5) is 0 Å². The normalized spacial score (nSPS) is 11.7. The first-order valence-corrected chi connectivity index (χ1v) is 6.70. The summed E-state index contributed by atoms with van der Waals surface area (Å²) in [4.78, 5) is 0. The second kappa shape index (κ2) is 9.18. The first-order chi connectivity index (χ1) is 9.78. The van der Waals surface area contributed by atoms with Crippen molar-refractivity contribution in [2.75, 3.05) is 34.0 Å². The summed E-state index contributed by atoms with van der Waals surface area (Å²) in [5.74, 6) is 1.22. The number of methoxy groups -OCH3 is 2. The molecule has 0 aliphatic carbocycles. The summed E-state index contributed by atoms with van der Waals surface area (Å²) in [7, 11) is 3.16. The fourth-order valence-corrected chi connectivity index (χ4v) is 1.93. The van der Waals surface area contributed by atoms with Gasteiger partial charge in [-0.3, -0.25) is 5.32 Å². The van der Waals surface area contributed by atoms with Gasteiger partial charge in [0, 0.05) is 18.8 Å². The maximum Gasteiger partial charge on any atom is 0.166 e. The van der Waals surface area contributed by atoms with Gasteiger partial charge in [-0.05, 0) is 26.0 Å². The molecule has 1 aromatic rings. The first-order valence-electron chi connectivity index (χ1n) is 6.70. The van der Waals surface area contributed by atoms with Gasteiger partial charge in [-0.2, -0.15) is 5.26 Å². The zero-order valence-corrected chi connectivity index (χ0v) is 12.3. The maximum absolute atomic E-state index is 9.33. The van der Waals surface area contributed by atoms with Crippen LogP contribution >= 0.6 is 0 Å². The van der Waals surface area contributed by atoms with E-state index in [9.17, 15) is 5.26 Å². The van der Waals surface area contributed by atoms with Gasteiger partial charge in [-0.25, -0.2) is 0 Å². The Bertz CT molecular complexity index is 443. The lowest BCUT2D eigenvalue weighted by Crippen LogP contribution is -2.22. The van der Waals surface area contributed by atoms with Gasteiger partial charge >= 0.3 is 0 Å². The van der Waals surface area contributed by atoms with Crippen molar-refractivity contribution >= 4 is 0 Å². The Morgan fingerprint density at radius 1 is 1.30 bits per heavy atom. The monoisotopic (exact) mass is 278 g/mol. The molecule has 0 aromatic heterocycles. The number of nitriles is 1. The predicted octanol–water partition coefficient (Wildman–Crippen LogP) is 2.28. The Balaban J connectivity index is 2.72. The highest BCUT2D eigenvalue weighted by Gasteiger charge is 2.18. The van der Waals surface area contributed by atoms with E-state index in [4.69, 9.17) is 14.2 Å². The third-order valence-corrected chi connectivity index (χ3v) is 2.89. The standard InChI is InChI=1S/C15H22N2O3/c1-4-20-10-6-9-17-13(11-16)12-7-5-8-14(18-2)15(12)19-3/h5,7-8,13,17H,4,6,9-10H2,1-3H3. The zero-order valence-electron chi connectivity index (χ0n) is 12.3. The lowest BCUT2D eigenvalue weighted by Gasteiger charge is -2.17. The number of nitrogens with zero attached hydrogens (tertiary/aromatic N) is 1. The Morgan fingerprint density at radius 3 is 2.70 bits per heavy atom. The smallest absolute Gasteiger partial charge is 0.166 e. The molecule has 20 heavy (non-hydrogen) atoms. The third-order valence-electron chi connectivity index (χ3n) is 2.89. The quantitative estimate of drug-likeness (QED) is 0.702. The maximum atomic E-state index is 9.33. The fraction of sp³-hybridized carbons (Fsp3) is 0.533. The minimum Gasteiger partial charge on any atom is -0.493 e. The molecule has 1 unspecified atom stereocenters. The molecule has 0 bridgehead atoms. The summed E-state index contributed by atoms with van der Waals surface area (Å²) in [6.45, 7) is 4.08. The van der Waals surface area contributed by atoms with Crippen LogP contribution in [0.2, 0.25) is 0 Å². The van der Waals surface area contributed by atoms with Gasteiger partial charge in [0.25, 0.3) is 0 Å². The molecular weight excluding hydrogens is 256 g/mol. The molecule has 1 aromatic carbocycles. The van der Waals surface area contributed by atoms with Crippen LogP contribution in [0.25, 0.3) is 0 Å². The van der Waals surface area contributed by atoms with Crippen molar-refractivity contribution < 1.29 is 14.2 Å². The van der Waals surface area contributed by atoms with Crippen LogP contribution in [0.1, 0.15) is 24.9 Å². The minimum atomic E-state index is -0.429. The number of para-hydroxylation sites is 1. The van der Waals surface area contributed by atoms with E-state index in [-0.39, 0.29) is 0 Å². The zero-order chi connectivity index (χ0) is 14.8. The summed E-state index contributed by atoms with van der Waals surface area (Å²) in [6.07, 6.45) is 0.859. The van der Waals surface area contributed by atoms with E-state index < -0.39 is 6.04 Å². The van der Waals surface area contributed by atoms with E-state index >= 15 is 0 Å². The summed E-state index contributed by atoms with van der Waals surface area (Å²) in [5, 5.41) is 12.5. The first kappa shape index (κ1) is 16.3. The Morgan fingerprint density at radius 2 is 2.10 bits per heavy atom. The SMILES string of the molecule is CCOCCCNC(C#N)c1cccc(OC)c1OC. The highest BCUT2D eigenvalue weighted by atomic mass is 16.5. The number of benzene rings is 1. The van der Waals surface area contributed by atoms with Gasteiger partial charge in [0.05, 0.1) is 20.3 Å². The highest BCUT2D eigenvalue weighted by molar-refractivity contribution is 5.49. The number of hydrogen-bond acceptors (Lipinski definition) is 5. The Labute approximate surface area is 120 Å². The molecule has 0 aliphatic rings. The van der Waals surface area contributed by atoms with Crippen LogP contribution in [-0.4, -0.2) is 34.0 Å². The Kier molecular flexibility index (Phi) is 7.48. The van der Waals surface area contributed by atoms with Crippen LogP contribution in [-0.2, 0) is 4.74 Å². The van der Waals surface area contributed by atoms with Crippen molar-refractivity contribution in [3.8, 4) is 17.6 Å². The predicted molar refractivity (Wildman–Crippen MR) is 77.0 cm³/mol. The van der Waals surface area contributed by atoms with Crippen LogP contribution in [0.3, 0.4) is 0 Å². The molecular formula is C15H22N2O3. The molecule has 5 heteroatoms. The second-order valence-electron chi connectivity index (χ2n) is 4.15. The summed E-state index contributed by atoms with van der Waals surface area (Å²) in [5.41, 5.74) is 0.783. The highest BCUT2D eigenvalue weighted by Crippen LogP contribution is 2.34. The summed E-state index contributed by atoms with van der Waals surface area (Å²) < 4.78 is 15.9. The fourth-order valence-electron chi connectivity index (χ4n) is 1.93. The van der Waals surface area contributed by atoms with Gasteiger partial charge in [-0.1, -0.05) is 12.1 Å². The molecule has 0 saturated carbocycles. The average molecular weight is 278 g/mol. The molecule has 110 valence electrons. The Hall–Kier alpha value is -1.77. The van der Waals surface area contributed by atoms with E-state index in [0.717, 1.165) is 12.0 Å². The van der Waals surface area contributed by atoms with Gasteiger partial charge < -0.3 is 14.2 Å². The van der Waals surface area contributed by atoms with Gasteiger partial charge in [0.1, 0.15) is 6.04 Å². The molecule has 0 saturated heterocycles. The van der Waals surface area contributed by atoms with E-state index in [1.807, 2.05) is 25.1 Å². The number of hydrogen-bond donors (Lipinski definition) is 1. The molecule has 0 heterocycles. The van der Waals surface area contributed by atoms with Crippen molar-refractivity contribution in [1.82, 2.24) is 5.32 Å². The summed E-state index contributed by atoms with van der Waals surface area (Å²) in [6, 6.07) is 7.35. The van der Waals surface area contributed by atoms with Crippen molar-refractivity contribution in [2.24, 2.45) is 0 Å². The van der Waals surface area contributed by atoms with Crippen LogP contribution < -0.4 is 14.8 Å². The van der Waals surface area contributed by atoms with E-state index in [0.29, 0.717) is 31.3 Å². The van der Waals surface area contributed by atoms with Crippen molar-refractivity contribution in [1.29, 1.82) is 5.26 Å².